The summed E-state index contributed by atoms with van der Waals surface area (Å²) in [5.74, 6) is -0.444. The predicted molar refractivity (Wildman–Crippen MR) is 107 cm³/mol. The highest BCUT2D eigenvalue weighted by atomic mass is 32.2. The maximum Gasteiger partial charge on any atom is 0.365 e. The number of carbonyl (C=O) groups excluding carboxylic acids is 2. The van der Waals surface area contributed by atoms with Crippen molar-refractivity contribution in [3.05, 3.63) is 40.4 Å². The highest BCUT2D eigenvalue weighted by Crippen LogP contribution is 2.58. The number of aryl methyl sites for hydroxylation is 1. The van der Waals surface area contributed by atoms with Gasteiger partial charge in [-0.3, -0.25) is 4.79 Å². The minimum atomic E-state index is -0.763. The molecule has 1 atom stereocenters. The van der Waals surface area contributed by atoms with E-state index in [1.165, 1.54) is 23.5 Å². The van der Waals surface area contributed by atoms with E-state index in [1.807, 2.05) is 50.1 Å². The van der Waals surface area contributed by atoms with E-state index in [1.54, 1.807) is 18.9 Å². The topological polar surface area (TPSA) is 62.2 Å². The Kier molecular flexibility index (Phi) is 5.07. The average Bonchev–Trinajstić information content (AvgIpc) is 3.10. The predicted octanol–water partition coefficient (Wildman–Crippen LogP) is 3.54. The van der Waals surface area contributed by atoms with Crippen molar-refractivity contribution in [3.63, 3.8) is 0 Å². The number of hydrogen-bond acceptors (Lipinski definition) is 8. The normalized spacial score (nSPS) is 22.3. The molecule has 0 bridgehead atoms. The number of thioether (sulfide) groups is 2. The van der Waals surface area contributed by atoms with Crippen LogP contribution in [0.25, 0.3) is 0 Å². The van der Waals surface area contributed by atoms with Crippen LogP contribution < -0.4 is 5.01 Å². The second-order valence-corrected chi connectivity index (χ2v) is 8.66. The number of carbonyl (C=O) groups is 2. The van der Waals surface area contributed by atoms with Gasteiger partial charge >= 0.3 is 5.97 Å². The molecule has 0 radical (unpaired) electrons. The molecule has 0 aromatic heterocycles. The number of Topliss-reactive ketones (excluding diaryl/α,β-unsaturated/α-hetero) is 1. The van der Waals surface area contributed by atoms with E-state index in [0.717, 1.165) is 16.9 Å². The van der Waals surface area contributed by atoms with Crippen LogP contribution in [0.2, 0.25) is 0 Å². The minimum Gasteiger partial charge on any atom is -0.461 e. The van der Waals surface area contributed by atoms with Gasteiger partial charge in [-0.2, -0.15) is 5.10 Å². The molecule has 2 aliphatic heterocycles. The number of esters is 1. The molecule has 2 aliphatic rings. The first-order valence-corrected chi connectivity index (χ1v) is 9.89. The zero-order valence-electron chi connectivity index (χ0n) is 15.4. The van der Waals surface area contributed by atoms with Gasteiger partial charge in [-0.15, -0.1) is 0 Å². The number of ketones is 1. The summed E-state index contributed by atoms with van der Waals surface area (Å²) in [4.78, 5) is 27.1. The van der Waals surface area contributed by atoms with Crippen molar-refractivity contribution in [2.75, 3.05) is 18.7 Å². The third-order valence-electron chi connectivity index (χ3n) is 4.19. The number of hydrogen-bond donors (Lipinski definition) is 0. The molecule has 1 aromatic rings. The van der Waals surface area contributed by atoms with E-state index in [-0.39, 0.29) is 17.4 Å². The molecule has 0 fully saturated rings. The Morgan fingerprint density at radius 1 is 1.27 bits per heavy atom. The molecule has 0 N–H and O–H groups in total. The van der Waals surface area contributed by atoms with Crippen LogP contribution in [0.1, 0.15) is 26.3 Å². The van der Waals surface area contributed by atoms with Crippen LogP contribution in [-0.4, -0.2) is 39.7 Å². The van der Waals surface area contributed by atoms with E-state index < -0.39 is 10.3 Å². The zero-order valence-corrected chi connectivity index (χ0v) is 17.0. The van der Waals surface area contributed by atoms with Crippen LogP contribution in [0.3, 0.4) is 0 Å². The van der Waals surface area contributed by atoms with Gasteiger partial charge in [-0.05, 0) is 57.2 Å². The summed E-state index contributed by atoms with van der Waals surface area (Å²) in [6.07, 6.45) is 0. The summed E-state index contributed by atoms with van der Waals surface area (Å²) in [6.45, 7) is 7.53. The van der Waals surface area contributed by atoms with Gasteiger partial charge in [0.25, 0.3) is 0 Å². The largest absolute Gasteiger partial charge is 0.461 e. The van der Waals surface area contributed by atoms with Gasteiger partial charge in [-0.1, -0.05) is 23.9 Å². The molecule has 138 valence electrons. The Hall–Kier alpha value is -1.93. The third kappa shape index (κ3) is 3.01. The quantitative estimate of drug-likeness (QED) is 0.728. The smallest absolute Gasteiger partial charge is 0.365 e. The zero-order chi connectivity index (χ0) is 19.1. The number of nitrogens with zero attached hydrogens (tertiary/aromatic N) is 3. The van der Waals surface area contributed by atoms with Crippen molar-refractivity contribution in [2.24, 2.45) is 5.10 Å². The van der Waals surface area contributed by atoms with Crippen molar-refractivity contribution in [3.8, 4) is 0 Å². The number of ether oxygens (including phenoxy) is 1. The molecule has 6 nitrogen and oxygen atoms in total. The van der Waals surface area contributed by atoms with Crippen LogP contribution in [-0.2, 0) is 14.3 Å². The highest BCUT2D eigenvalue weighted by molar-refractivity contribution is 8.28. The molecule has 8 heteroatoms. The molecule has 0 aliphatic carbocycles. The summed E-state index contributed by atoms with van der Waals surface area (Å²) in [6, 6.07) is 7.91. The summed E-state index contributed by atoms with van der Waals surface area (Å²) >= 11 is 2.72. The van der Waals surface area contributed by atoms with Gasteiger partial charge in [0, 0.05) is 12.7 Å². The molecule has 1 unspecified atom stereocenters. The molecule has 1 spiro atoms. The fraction of sp³-hybridized carbons (Fsp3) is 0.389. The molecule has 0 saturated carbocycles. The van der Waals surface area contributed by atoms with Crippen LogP contribution in [0.4, 0.5) is 5.69 Å². The number of allylic oxidation sites excluding steroid dienone is 2. The number of anilines is 1. The monoisotopic (exact) mass is 391 g/mol. The van der Waals surface area contributed by atoms with Crippen LogP contribution >= 0.6 is 23.5 Å². The van der Waals surface area contributed by atoms with Gasteiger partial charge in [0.15, 0.2) is 5.78 Å². The first-order chi connectivity index (χ1) is 12.3. The van der Waals surface area contributed by atoms with Crippen LogP contribution in [0.15, 0.2) is 40.0 Å². The molecule has 0 saturated heterocycles. The van der Waals surface area contributed by atoms with Gasteiger partial charge in [0.05, 0.1) is 17.2 Å². The Labute approximate surface area is 161 Å². The lowest BCUT2D eigenvalue weighted by atomic mass is 10.2. The van der Waals surface area contributed by atoms with Gasteiger partial charge in [0.1, 0.15) is 0 Å². The fourth-order valence-corrected chi connectivity index (χ4v) is 5.72. The Bertz CT molecular complexity index is 837. The van der Waals surface area contributed by atoms with Crippen molar-refractivity contribution in [1.29, 1.82) is 0 Å². The van der Waals surface area contributed by atoms with Crippen molar-refractivity contribution < 1.29 is 14.3 Å². The summed E-state index contributed by atoms with van der Waals surface area (Å²) < 4.78 is 4.38. The lowest BCUT2D eigenvalue weighted by Gasteiger charge is -2.39. The molecule has 2 heterocycles. The number of hydrazone groups is 1. The lowest BCUT2D eigenvalue weighted by molar-refractivity contribution is -0.134. The van der Waals surface area contributed by atoms with E-state index in [9.17, 15) is 9.59 Å². The fourth-order valence-electron chi connectivity index (χ4n) is 2.84. The molecule has 3 rings (SSSR count). The van der Waals surface area contributed by atoms with Gasteiger partial charge in [-0.25, -0.2) is 9.80 Å². The lowest BCUT2D eigenvalue weighted by Crippen LogP contribution is -2.47. The standard InChI is InChI=1S/C18H21N3O3S2/c1-6-24-17(23)16-19-21(14-9-7-8-11(2)10-14)18(26-16)20(5)12(3)15(25-18)13(4)22/h7-10H,6H2,1-5H3. The number of rotatable bonds is 4. The van der Waals surface area contributed by atoms with Crippen molar-refractivity contribution >= 4 is 46.0 Å². The maximum absolute atomic E-state index is 12.3. The Morgan fingerprint density at radius 2 is 2.00 bits per heavy atom. The molecule has 1 aromatic carbocycles. The molecule has 26 heavy (non-hydrogen) atoms. The maximum atomic E-state index is 12.3. The average molecular weight is 392 g/mol. The first kappa shape index (κ1) is 18.8. The first-order valence-electron chi connectivity index (χ1n) is 8.26. The second kappa shape index (κ2) is 7.00. The van der Waals surface area contributed by atoms with Crippen LogP contribution in [0, 0.1) is 6.92 Å². The highest BCUT2D eigenvalue weighted by Gasteiger charge is 2.56. The third-order valence-corrected chi connectivity index (χ3v) is 7.35. The Balaban J connectivity index is 2.07. The van der Waals surface area contributed by atoms with Crippen molar-refractivity contribution in [2.45, 2.75) is 32.0 Å². The SMILES string of the molecule is CCOC(=O)C1=NN(c2cccc(C)c2)C2(S1)SC(C(C)=O)=C(C)N2C. The van der Waals surface area contributed by atoms with Gasteiger partial charge in [0.2, 0.25) is 9.37 Å². The van der Waals surface area contributed by atoms with E-state index in [4.69, 9.17) is 4.74 Å². The van der Waals surface area contributed by atoms with E-state index >= 15 is 0 Å². The minimum absolute atomic E-state index is 0.00519. The number of benzene rings is 1. The second-order valence-electron chi connectivity index (χ2n) is 6.06. The van der Waals surface area contributed by atoms with Crippen LogP contribution in [0.5, 0.6) is 0 Å². The Morgan fingerprint density at radius 3 is 2.58 bits per heavy atom. The summed E-state index contributed by atoms with van der Waals surface area (Å²) in [5, 5.41) is 6.66. The summed E-state index contributed by atoms with van der Waals surface area (Å²) in [5.41, 5.74) is 2.81. The molecular formula is C18H21N3O3S2. The van der Waals surface area contributed by atoms with Crippen molar-refractivity contribution in [1.82, 2.24) is 4.90 Å². The van der Waals surface area contributed by atoms with E-state index in [0.29, 0.717) is 4.91 Å². The molecule has 0 amide bonds. The summed E-state index contributed by atoms with van der Waals surface area (Å²) in [7, 11) is 1.91. The van der Waals surface area contributed by atoms with E-state index in [2.05, 4.69) is 5.10 Å². The van der Waals surface area contributed by atoms with Gasteiger partial charge < -0.3 is 9.64 Å². The molecular weight excluding hydrogens is 370 g/mol.